The summed E-state index contributed by atoms with van der Waals surface area (Å²) >= 11 is 0. The second-order valence-corrected chi connectivity index (χ2v) is 2.95. The molecule has 0 aliphatic carbocycles. The molecule has 0 rings (SSSR count). The molecule has 0 spiro atoms. The zero-order chi connectivity index (χ0) is 8.69. The van der Waals surface area contributed by atoms with E-state index in [0.29, 0.717) is 25.7 Å². The fraction of sp³-hybridized carbons (Fsp3) is 1.00. The highest BCUT2D eigenvalue weighted by Gasteiger charge is 2.04. The number of aliphatic hydroxyl groups is 3. The lowest BCUT2D eigenvalue weighted by atomic mass is 10.1. The van der Waals surface area contributed by atoms with E-state index < -0.39 is 0 Å². The Labute approximate surface area is 67.7 Å². The minimum Gasteiger partial charge on any atom is -0.396 e. The van der Waals surface area contributed by atoms with Crippen LogP contribution in [0.2, 0.25) is 0 Å². The van der Waals surface area contributed by atoms with Crippen molar-refractivity contribution in [2.24, 2.45) is 0 Å². The van der Waals surface area contributed by atoms with Crippen LogP contribution in [-0.4, -0.2) is 34.1 Å². The normalized spacial score (nSPS) is 16.4. The quantitative estimate of drug-likeness (QED) is 0.525. The molecule has 0 aromatic rings. The topological polar surface area (TPSA) is 60.7 Å². The van der Waals surface area contributed by atoms with Gasteiger partial charge in [0.1, 0.15) is 0 Å². The van der Waals surface area contributed by atoms with Gasteiger partial charge in [-0.2, -0.15) is 0 Å². The van der Waals surface area contributed by atoms with E-state index in [9.17, 15) is 5.11 Å². The van der Waals surface area contributed by atoms with Crippen LogP contribution < -0.4 is 0 Å². The van der Waals surface area contributed by atoms with Crippen molar-refractivity contribution in [2.45, 2.75) is 44.8 Å². The number of rotatable bonds is 6. The van der Waals surface area contributed by atoms with Crippen molar-refractivity contribution in [3.8, 4) is 0 Å². The summed E-state index contributed by atoms with van der Waals surface area (Å²) in [7, 11) is 0. The maximum absolute atomic E-state index is 9.21. The van der Waals surface area contributed by atoms with Crippen LogP contribution in [0.4, 0.5) is 0 Å². The van der Waals surface area contributed by atoms with E-state index in [4.69, 9.17) is 10.2 Å². The molecule has 0 amide bonds. The predicted octanol–water partition coefficient (Wildman–Crippen LogP) is 0.281. The number of hydrogen-bond donors (Lipinski definition) is 3. The van der Waals surface area contributed by atoms with E-state index in [0.717, 1.165) is 0 Å². The van der Waals surface area contributed by atoms with E-state index in [1.165, 1.54) is 0 Å². The Bertz CT molecular complexity index is 83.4. The molecule has 3 heteroatoms. The first-order chi connectivity index (χ1) is 5.16. The van der Waals surface area contributed by atoms with Gasteiger partial charge in [0.05, 0.1) is 12.2 Å². The van der Waals surface area contributed by atoms with Crippen LogP contribution >= 0.6 is 0 Å². The van der Waals surface area contributed by atoms with Gasteiger partial charge in [0.25, 0.3) is 0 Å². The first kappa shape index (κ1) is 10.9. The molecule has 0 bridgehead atoms. The minimum atomic E-state index is -0.364. The molecule has 0 saturated heterocycles. The lowest BCUT2D eigenvalue weighted by Crippen LogP contribution is -2.11. The summed E-state index contributed by atoms with van der Waals surface area (Å²) < 4.78 is 0. The Balaban J connectivity index is 3.15. The van der Waals surface area contributed by atoms with Crippen molar-refractivity contribution in [3.63, 3.8) is 0 Å². The van der Waals surface area contributed by atoms with Crippen LogP contribution in [0.5, 0.6) is 0 Å². The SMILES string of the molecule is CC(O)CCC(O)CCCO. The van der Waals surface area contributed by atoms with Crippen molar-refractivity contribution in [3.05, 3.63) is 0 Å². The molecule has 11 heavy (non-hydrogen) atoms. The minimum absolute atomic E-state index is 0.131. The molecular formula is C8H18O3. The first-order valence-corrected chi connectivity index (χ1v) is 4.13. The zero-order valence-electron chi connectivity index (χ0n) is 7.03. The van der Waals surface area contributed by atoms with Crippen molar-refractivity contribution < 1.29 is 15.3 Å². The molecule has 0 radical (unpaired) electrons. The van der Waals surface area contributed by atoms with E-state index >= 15 is 0 Å². The molecule has 3 N–H and O–H groups in total. The molecule has 68 valence electrons. The maximum Gasteiger partial charge on any atom is 0.0542 e. The largest absolute Gasteiger partial charge is 0.396 e. The van der Waals surface area contributed by atoms with Gasteiger partial charge in [-0.05, 0) is 32.6 Å². The molecule has 0 fully saturated rings. The van der Waals surface area contributed by atoms with Crippen LogP contribution in [0.3, 0.4) is 0 Å². The van der Waals surface area contributed by atoms with Crippen LogP contribution in [0.15, 0.2) is 0 Å². The molecule has 0 saturated carbocycles. The summed E-state index contributed by atoms with van der Waals surface area (Å²) in [5.74, 6) is 0. The lowest BCUT2D eigenvalue weighted by Gasteiger charge is -2.10. The third kappa shape index (κ3) is 7.78. The van der Waals surface area contributed by atoms with Crippen molar-refractivity contribution >= 4 is 0 Å². The second-order valence-electron chi connectivity index (χ2n) is 2.95. The lowest BCUT2D eigenvalue weighted by molar-refractivity contribution is 0.110. The van der Waals surface area contributed by atoms with E-state index in [1.54, 1.807) is 6.92 Å². The highest BCUT2D eigenvalue weighted by atomic mass is 16.3. The van der Waals surface area contributed by atoms with Crippen LogP contribution in [0.25, 0.3) is 0 Å². The van der Waals surface area contributed by atoms with Crippen LogP contribution in [0.1, 0.15) is 32.6 Å². The fourth-order valence-electron chi connectivity index (χ4n) is 0.905. The summed E-state index contributed by atoms with van der Waals surface area (Å²) in [5.41, 5.74) is 0. The number of aliphatic hydroxyl groups excluding tert-OH is 3. The Kier molecular flexibility index (Phi) is 6.51. The average Bonchev–Trinajstić information content (AvgIpc) is 1.97. The zero-order valence-corrected chi connectivity index (χ0v) is 7.03. The van der Waals surface area contributed by atoms with Crippen LogP contribution in [0, 0.1) is 0 Å². The van der Waals surface area contributed by atoms with Gasteiger partial charge in [-0.1, -0.05) is 0 Å². The molecule has 0 aliphatic rings. The molecule has 3 nitrogen and oxygen atoms in total. The Hall–Kier alpha value is -0.120. The summed E-state index contributed by atoms with van der Waals surface area (Å²) in [5, 5.41) is 26.5. The Morgan fingerprint density at radius 3 is 2.18 bits per heavy atom. The van der Waals surface area contributed by atoms with Gasteiger partial charge in [-0.25, -0.2) is 0 Å². The summed E-state index contributed by atoms with van der Waals surface area (Å²) in [4.78, 5) is 0. The van der Waals surface area contributed by atoms with Crippen LogP contribution in [-0.2, 0) is 0 Å². The predicted molar refractivity (Wildman–Crippen MR) is 43.2 cm³/mol. The Morgan fingerprint density at radius 2 is 1.73 bits per heavy atom. The van der Waals surface area contributed by atoms with Gasteiger partial charge in [0.2, 0.25) is 0 Å². The van der Waals surface area contributed by atoms with Crippen molar-refractivity contribution in [2.75, 3.05) is 6.61 Å². The van der Waals surface area contributed by atoms with Gasteiger partial charge >= 0.3 is 0 Å². The third-order valence-electron chi connectivity index (χ3n) is 1.61. The summed E-state index contributed by atoms with van der Waals surface area (Å²) in [6.45, 7) is 1.84. The standard InChI is InChI=1S/C8H18O3/c1-7(10)4-5-8(11)3-2-6-9/h7-11H,2-6H2,1H3. The number of hydrogen-bond acceptors (Lipinski definition) is 3. The van der Waals surface area contributed by atoms with E-state index in [-0.39, 0.29) is 18.8 Å². The molecule has 2 unspecified atom stereocenters. The summed E-state index contributed by atoms with van der Waals surface area (Å²) in [6, 6.07) is 0. The molecule has 0 aromatic carbocycles. The maximum atomic E-state index is 9.21. The van der Waals surface area contributed by atoms with Gasteiger partial charge in [-0.15, -0.1) is 0 Å². The van der Waals surface area contributed by atoms with E-state index in [1.807, 2.05) is 0 Å². The highest BCUT2D eigenvalue weighted by molar-refractivity contribution is 4.57. The second kappa shape index (κ2) is 6.58. The molecule has 0 aliphatic heterocycles. The van der Waals surface area contributed by atoms with Gasteiger partial charge in [-0.3, -0.25) is 0 Å². The van der Waals surface area contributed by atoms with Crippen molar-refractivity contribution in [1.82, 2.24) is 0 Å². The Morgan fingerprint density at radius 1 is 1.09 bits per heavy atom. The van der Waals surface area contributed by atoms with E-state index in [2.05, 4.69) is 0 Å². The highest BCUT2D eigenvalue weighted by Crippen LogP contribution is 2.06. The van der Waals surface area contributed by atoms with Gasteiger partial charge < -0.3 is 15.3 Å². The van der Waals surface area contributed by atoms with Gasteiger partial charge in [0.15, 0.2) is 0 Å². The first-order valence-electron chi connectivity index (χ1n) is 4.13. The van der Waals surface area contributed by atoms with Gasteiger partial charge in [0, 0.05) is 6.61 Å². The molecule has 2 atom stereocenters. The smallest absolute Gasteiger partial charge is 0.0542 e. The molecular weight excluding hydrogens is 144 g/mol. The fourth-order valence-corrected chi connectivity index (χ4v) is 0.905. The average molecular weight is 162 g/mol. The molecule has 0 aromatic heterocycles. The summed E-state index contributed by atoms with van der Waals surface area (Å²) in [6.07, 6.45) is 1.82. The van der Waals surface area contributed by atoms with Crippen molar-refractivity contribution in [1.29, 1.82) is 0 Å². The third-order valence-corrected chi connectivity index (χ3v) is 1.61. The molecule has 0 heterocycles. The monoisotopic (exact) mass is 162 g/mol.